The standard InChI is InChI=1S/C25H32O5S/c1-16(2)21-15-24(31(27,28)29)22(17(3)4)14-23(21)30-25(26)20-12-10-19(11-13-20)18-8-6-5-7-9-18/h10-18H,5-9H2,1-4H3,(H,27,28,29). The number of hydrogen-bond acceptors (Lipinski definition) is 4. The minimum absolute atomic E-state index is 0.0989. The number of hydrogen-bond donors (Lipinski definition) is 1. The van der Waals surface area contributed by atoms with E-state index in [-0.39, 0.29) is 16.7 Å². The monoisotopic (exact) mass is 444 g/mol. The molecule has 1 fully saturated rings. The zero-order chi connectivity index (χ0) is 22.8. The molecule has 6 heteroatoms. The minimum Gasteiger partial charge on any atom is -0.423 e. The summed E-state index contributed by atoms with van der Waals surface area (Å²) in [5, 5.41) is 0. The van der Waals surface area contributed by atoms with Crippen LogP contribution < -0.4 is 4.74 Å². The third-order valence-electron chi connectivity index (χ3n) is 6.09. The molecule has 0 aromatic heterocycles. The first-order valence-electron chi connectivity index (χ1n) is 11.1. The smallest absolute Gasteiger partial charge is 0.343 e. The van der Waals surface area contributed by atoms with Crippen LogP contribution >= 0.6 is 0 Å². The molecular weight excluding hydrogens is 412 g/mol. The van der Waals surface area contributed by atoms with Gasteiger partial charge in [-0.1, -0.05) is 59.1 Å². The van der Waals surface area contributed by atoms with Crippen molar-refractivity contribution in [2.45, 2.75) is 82.4 Å². The summed E-state index contributed by atoms with van der Waals surface area (Å²) in [5.74, 6) is 0.135. The number of carbonyl (C=O) groups is 1. The molecule has 0 saturated heterocycles. The van der Waals surface area contributed by atoms with Gasteiger partial charge in [-0.15, -0.1) is 0 Å². The lowest BCUT2D eigenvalue weighted by Gasteiger charge is -2.22. The molecule has 2 aromatic carbocycles. The Morgan fingerprint density at radius 3 is 2.03 bits per heavy atom. The topological polar surface area (TPSA) is 80.7 Å². The molecule has 0 unspecified atom stereocenters. The molecule has 0 bridgehead atoms. The fourth-order valence-corrected chi connectivity index (χ4v) is 5.16. The van der Waals surface area contributed by atoms with E-state index in [1.165, 1.54) is 43.7 Å². The van der Waals surface area contributed by atoms with Crippen molar-refractivity contribution in [3.05, 3.63) is 58.7 Å². The van der Waals surface area contributed by atoms with Crippen molar-refractivity contribution < 1.29 is 22.5 Å². The molecular formula is C25H32O5S. The third-order valence-corrected chi connectivity index (χ3v) is 7.00. The zero-order valence-electron chi connectivity index (χ0n) is 18.7. The number of benzene rings is 2. The normalized spacial score (nSPS) is 15.5. The Morgan fingerprint density at radius 2 is 1.52 bits per heavy atom. The summed E-state index contributed by atoms with van der Waals surface area (Å²) in [6.45, 7) is 7.42. The molecule has 0 amide bonds. The number of rotatable bonds is 6. The van der Waals surface area contributed by atoms with Gasteiger partial charge in [0.15, 0.2) is 0 Å². The van der Waals surface area contributed by atoms with Gasteiger partial charge >= 0.3 is 5.97 Å². The van der Waals surface area contributed by atoms with E-state index in [1.54, 1.807) is 18.2 Å². The van der Waals surface area contributed by atoms with Crippen LogP contribution in [0.1, 0.15) is 105 Å². The van der Waals surface area contributed by atoms with E-state index in [1.807, 2.05) is 39.8 Å². The second kappa shape index (κ2) is 9.53. The Morgan fingerprint density at radius 1 is 0.935 bits per heavy atom. The summed E-state index contributed by atoms with van der Waals surface area (Å²) in [6, 6.07) is 10.6. The first kappa shape index (κ1) is 23.5. The molecule has 3 rings (SSSR count). The van der Waals surface area contributed by atoms with Crippen LogP contribution in [0.25, 0.3) is 0 Å². The second-order valence-electron chi connectivity index (χ2n) is 9.06. The molecule has 0 atom stereocenters. The fraction of sp³-hybridized carbons (Fsp3) is 0.480. The largest absolute Gasteiger partial charge is 0.423 e. The van der Waals surface area contributed by atoms with Crippen LogP contribution in [0.2, 0.25) is 0 Å². The van der Waals surface area contributed by atoms with E-state index in [9.17, 15) is 17.8 Å². The van der Waals surface area contributed by atoms with E-state index < -0.39 is 16.1 Å². The van der Waals surface area contributed by atoms with Gasteiger partial charge in [-0.05, 0) is 71.6 Å². The Balaban J connectivity index is 1.90. The van der Waals surface area contributed by atoms with Gasteiger partial charge in [0.2, 0.25) is 0 Å². The van der Waals surface area contributed by atoms with Crippen molar-refractivity contribution in [3.63, 3.8) is 0 Å². The van der Waals surface area contributed by atoms with Gasteiger partial charge in [-0.25, -0.2) is 4.79 Å². The van der Waals surface area contributed by atoms with Crippen LogP contribution in [0.5, 0.6) is 5.75 Å². The molecule has 1 N–H and O–H groups in total. The third kappa shape index (κ3) is 5.55. The van der Waals surface area contributed by atoms with E-state index in [0.29, 0.717) is 28.4 Å². The molecule has 168 valence electrons. The summed E-state index contributed by atoms with van der Waals surface area (Å²) in [4.78, 5) is 12.7. The van der Waals surface area contributed by atoms with Crippen molar-refractivity contribution in [1.82, 2.24) is 0 Å². The van der Waals surface area contributed by atoms with E-state index in [0.717, 1.165) is 0 Å². The molecule has 2 aromatic rings. The highest BCUT2D eigenvalue weighted by atomic mass is 32.2. The first-order chi connectivity index (χ1) is 14.6. The van der Waals surface area contributed by atoms with Crippen molar-refractivity contribution in [2.24, 2.45) is 0 Å². The van der Waals surface area contributed by atoms with Gasteiger partial charge in [0.25, 0.3) is 10.1 Å². The van der Waals surface area contributed by atoms with Gasteiger partial charge in [0.05, 0.1) is 10.5 Å². The molecule has 1 aliphatic carbocycles. The number of ether oxygens (including phenoxy) is 1. The van der Waals surface area contributed by atoms with Crippen LogP contribution in [0, 0.1) is 0 Å². The van der Waals surface area contributed by atoms with Crippen LogP contribution in [-0.4, -0.2) is 18.9 Å². The highest BCUT2D eigenvalue weighted by Gasteiger charge is 2.24. The number of esters is 1. The van der Waals surface area contributed by atoms with Crippen molar-refractivity contribution in [2.75, 3.05) is 0 Å². The number of carbonyl (C=O) groups excluding carboxylic acids is 1. The highest BCUT2D eigenvalue weighted by molar-refractivity contribution is 7.85. The second-order valence-corrected chi connectivity index (χ2v) is 10.4. The van der Waals surface area contributed by atoms with Crippen LogP contribution in [0.15, 0.2) is 41.3 Å². The van der Waals surface area contributed by atoms with Crippen molar-refractivity contribution in [1.29, 1.82) is 0 Å². The van der Waals surface area contributed by atoms with Gasteiger partial charge in [0.1, 0.15) is 5.75 Å². The molecule has 1 aliphatic rings. The summed E-state index contributed by atoms with van der Waals surface area (Å²) in [6.07, 6.45) is 6.20. The van der Waals surface area contributed by atoms with E-state index in [2.05, 4.69) is 0 Å². The average molecular weight is 445 g/mol. The fourth-order valence-electron chi connectivity index (χ4n) is 4.29. The highest BCUT2D eigenvalue weighted by Crippen LogP contribution is 2.36. The summed E-state index contributed by atoms with van der Waals surface area (Å²) in [7, 11) is -4.39. The SMILES string of the molecule is CC(C)c1cc(S(=O)(=O)O)c(C(C)C)cc1OC(=O)c1ccc(C2CCCCC2)cc1. The van der Waals surface area contributed by atoms with Crippen LogP contribution in [-0.2, 0) is 10.1 Å². The average Bonchev–Trinajstić information content (AvgIpc) is 2.73. The lowest BCUT2D eigenvalue weighted by molar-refractivity contribution is 0.0732. The summed E-state index contributed by atoms with van der Waals surface area (Å²) in [5.41, 5.74) is 2.70. The molecule has 5 nitrogen and oxygen atoms in total. The molecule has 0 heterocycles. The van der Waals surface area contributed by atoms with Gasteiger partial charge in [-0.3, -0.25) is 4.55 Å². The van der Waals surface area contributed by atoms with Gasteiger partial charge in [-0.2, -0.15) is 8.42 Å². The lowest BCUT2D eigenvalue weighted by Crippen LogP contribution is -2.13. The lowest BCUT2D eigenvalue weighted by atomic mass is 9.84. The van der Waals surface area contributed by atoms with Crippen molar-refractivity contribution >= 4 is 16.1 Å². The van der Waals surface area contributed by atoms with E-state index in [4.69, 9.17) is 4.74 Å². The Kier molecular flexibility index (Phi) is 7.22. The maximum atomic E-state index is 12.8. The first-order valence-corrected chi connectivity index (χ1v) is 12.5. The molecule has 1 saturated carbocycles. The maximum absolute atomic E-state index is 12.8. The zero-order valence-corrected chi connectivity index (χ0v) is 19.5. The molecule has 31 heavy (non-hydrogen) atoms. The summed E-state index contributed by atoms with van der Waals surface area (Å²) >= 11 is 0. The molecule has 0 spiro atoms. The predicted molar refractivity (Wildman–Crippen MR) is 122 cm³/mol. The van der Waals surface area contributed by atoms with Gasteiger partial charge in [0, 0.05) is 0 Å². The molecule has 0 aliphatic heterocycles. The van der Waals surface area contributed by atoms with Crippen LogP contribution in [0.3, 0.4) is 0 Å². The van der Waals surface area contributed by atoms with Crippen LogP contribution in [0.4, 0.5) is 0 Å². The Labute approximate surface area is 185 Å². The Bertz CT molecular complexity index is 1030. The predicted octanol–water partition coefficient (Wildman–Crippen LogP) is 6.45. The minimum atomic E-state index is -4.39. The quantitative estimate of drug-likeness (QED) is 0.315. The maximum Gasteiger partial charge on any atom is 0.343 e. The molecule has 0 radical (unpaired) electrons. The van der Waals surface area contributed by atoms with Gasteiger partial charge < -0.3 is 4.74 Å². The van der Waals surface area contributed by atoms with Crippen molar-refractivity contribution in [3.8, 4) is 5.75 Å². The Hall–Kier alpha value is -2.18. The summed E-state index contributed by atoms with van der Waals surface area (Å²) < 4.78 is 39.2. The van der Waals surface area contributed by atoms with E-state index >= 15 is 0 Å².